The van der Waals surface area contributed by atoms with E-state index in [0.29, 0.717) is 57.6 Å². The Labute approximate surface area is 199 Å². The van der Waals surface area contributed by atoms with Gasteiger partial charge in [0.15, 0.2) is 17.3 Å². The highest BCUT2D eigenvalue weighted by molar-refractivity contribution is 6.32. The summed E-state index contributed by atoms with van der Waals surface area (Å²) in [6.45, 7) is 10.6. The molecule has 1 amide bonds. The standard InChI is InChI=1S/C25H30ClN3O4/c1-14(2)10-11-32-22-19(26)12-17(13-20(22)31-6)24(30)27-21-16(5)8-7-9-18(21)25-28-23(15(3)4)29-33-25/h7-9,12-15H,10-11H2,1-6H3,(H,27,30). The number of carbonyl (C=O) groups excluding carboxylic acids is 1. The van der Waals surface area contributed by atoms with Crippen molar-refractivity contribution in [1.82, 2.24) is 10.1 Å². The maximum atomic E-state index is 13.2. The summed E-state index contributed by atoms with van der Waals surface area (Å²) < 4.78 is 16.7. The van der Waals surface area contributed by atoms with Gasteiger partial charge in [-0.2, -0.15) is 4.98 Å². The van der Waals surface area contributed by atoms with Gasteiger partial charge in [0.2, 0.25) is 0 Å². The van der Waals surface area contributed by atoms with Crippen LogP contribution in [0.5, 0.6) is 11.5 Å². The molecule has 1 heterocycles. The van der Waals surface area contributed by atoms with Crippen LogP contribution in [0.2, 0.25) is 5.02 Å². The number of halogens is 1. The summed E-state index contributed by atoms with van der Waals surface area (Å²) in [4.78, 5) is 17.6. The van der Waals surface area contributed by atoms with E-state index in [4.69, 9.17) is 25.6 Å². The third kappa shape index (κ3) is 5.85. The summed E-state index contributed by atoms with van der Waals surface area (Å²) in [7, 11) is 1.52. The molecule has 8 heteroatoms. The first-order valence-electron chi connectivity index (χ1n) is 11.0. The number of rotatable bonds is 9. The number of amides is 1. The topological polar surface area (TPSA) is 86.5 Å². The van der Waals surface area contributed by atoms with Crippen LogP contribution in [0, 0.1) is 12.8 Å². The number of anilines is 1. The summed E-state index contributed by atoms with van der Waals surface area (Å²) in [6.07, 6.45) is 0.881. The molecule has 33 heavy (non-hydrogen) atoms. The average molecular weight is 472 g/mol. The molecule has 3 rings (SSSR count). The summed E-state index contributed by atoms with van der Waals surface area (Å²) in [5.41, 5.74) is 2.44. The van der Waals surface area contributed by atoms with E-state index in [1.807, 2.05) is 39.0 Å². The first-order chi connectivity index (χ1) is 15.7. The molecule has 0 aliphatic heterocycles. The van der Waals surface area contributed by atoms with Gasteiger partial charge in [0, 0.05) is 11.5 Å². The number of hydrogen-bond donors (Lipinski definition) is 1. The number of hydrogen-bond acceptors (Lipinski definition) is 6. The third-order valence-corrected chi connectivity index (χ3v) is 5.41. The molecule has 7 nitrogen and oxygen atoms in total. The lowest BCUT2D eigenvalue weighted by molar-refractivity contribution is 0.102. The molecule has 3 aromatic rings. The molecule has 0 aliphatic rings. The van der Waals surface area contributed by atoms with Crippen molar-refractivity contribution in [3.05, 3.63) is 52.3 Å². The maximum Gasteiger partial charge on any atom is 0.260 e. The fraction of sp³-hybridized carbons (Fsp3) is 0.400. The lowest BCUT2D eigenvalue weighted by Crippen LogP contribution is -2.14. The van der Waals surface area contributed by atoms with E-state index in [1.165, 1.54) is 7.11 Å². The van der Waals surface area contributed by atoms with Gasteiger partial charge in [0.25, 0.3) is 11.8 Å². The van der Waals surface area contributed by atoms with E-state index in [9.17, 15) is 4.79 Å². The van der Waals surface area contributed by atoms with Crippen LogP contribution in [-0.2, 0) is 0 Å². The van der Waals surface area contributed by atoms with Crippen molar-refractivity contribution in [3.8, 4) is 23.0 Å². The van der Waals surface area contributed by atoms with Crippen molar-refractivity contribution >= 4 is 23.2 Å². The van der Waals surface area contributed by atoms with E-state index in [1.54, 1.807) is 12.1 Å². The number of nitrogens with one attached hydrogen (secondary N) is 1. The van der Waals surface area contributed by atoms with Gasteiger partial charge in [-0.15, -0.1) is 0 Å². The minimum absolute atomic E-state index is 0.126. The molecular weight excluding hydrogens is 442 g/mol. The third-order valence-electron chi connectivity index (χ3n) is 5.13. The summed E-state index contributed by atoms with van der Waals surface area (Å²) >= 11 is 6.45. The minimum atomic E-state index is -0.344. The van der Waals surface area contributed by atoms with Gasteiger partial charge in [0.1, 0.15) is 0 Å². The van der Waals surface area contributed by atoms with Gasteiger partial charge in [-0.3, -0.25) is 4.79 Å². The number of carbonyl (C=O) groups is 1. The van der Waals surface area contributed by atoms with Gasteiger partial charge in [0.05, 0.1) is 30.0 Å². The van der Waals surface area contributed by atoms with Crippen LogP contribution in [-0.4, -0.2) is 29.8 Å². The smallest absolute Gasteiger partial charge is 0.260 e. The molecule has 0 fully saturated rings. The fourth-order valence-corrected chi connectivity index (χ4v) is 3.43. The number of benzene rings is 2. The zero-order valence-electron chi connectivity index (χ0n) is 19.9. The van der Waals surface area contributed by atoms with Crippen molar-refractivity contribution in [2.45, 2.75) is 47.0 Å². The summed E-state index contributed by atoms with van der Waals surface area (Å²) in [5.74, 6) is 2.07. The van der Waals surface area contributed by atoms with Gasteiger partial charge in [-0.1, -0.05) is 56.6 Å². The highest BCUT2D eigenvalue weighted by Crippen LogP contribution is 2.37. The van der Waals surface area contributed by atoms with E-state index in [2.05, 4.69) is 29.3 Å². The lowest BCUT2D eigenvalue weighted by atomic mass is 10.1. The number of aryl methyl sites for hydroxylation is 1. The molecule has 2 aromatic carbocycles. The predicted octanol–water partition coefficient (Wildman–Crippen LogP) is 6.51. The molecule has 0 saturated carbocycles. The first kappa shape index (κ1) is 24.6. The van der Waals surface area contributed by atoms with Crippen LogP contribution in [0.1, 0.15) is 61.8 Å². The van der Waals surface area contributed by atoms with Gasteiger partial charge < -0.3 is 19.3 Å². The highest BCUT2D eigenvalue weighted by atomic mass is 35.5. The quantitative estimate of drug-likeness (QED) is 0.383. The average Bonchev–Trinajstić information content (AvgIpc) is 3.26. The molecule has 0 atom stereocenters. The molecular formula is C25H30ClN3O4. The van der Waals surface area contributed by atoms with Crippen molar-refractivity contribution in [3.63, 3.8) is 0 Å². The monoisotopic (exact) mass is 471 g/mol. The number of aromatic nitrogens is 2. The van der Waals surface area contributed by atoms with Gasteiger partial charge >= 0.3 is 0 Å². The molecule has 0 unspecified atom stereocenters. The van der Waals surface area contributed by atoms with E-state index in [0.717, 1.165) is 12.0 Å². The van der Waals surface area contributed by atoms with E-state index < -0.39 is 0 Å². The zero-order chi connectivity index (χ0) is 24.1. The Hall–Kier alpha value is -3.06. The molecule has 0 bridgehead atoms. The Morgan fingerprint density at radius 3 is 2.61 bits per heavy atom. The molecule has 0 saturated heterocycles. The Morgan fingerprint density at radius 1 is 1.21 bits per heavy atom. The lowest BCUT2D eigenvalue weighted by Gasteiger charge is -2.16. The number of para-hydroxylation sites is 1. The highest BCUT2D eigenvalue weighted by Gasteiger charge is 2.20. The Balaban J connectivity index is 1.89. The second-order valence-corrected chi connectivity index (χ2v) is 8.99. The van der Waals surface area contributed by atoms with Crippen molar-refractivity contribution in [2.24, 2.45) is 5.92 Å². The van der Waals surface area contributed by atoms with Crippen LogP contribution < -0.4 is 14.8 Å². The van der Waals surface area contributed by atoms with Crippen LogP contribution in [0.25, 0.3) is 11.5 Å². The summed E-state index contributed by atoms with van der Waals surface area (Å²) in [5, 5.41) is 7.31. The van der Waals surface area contributed by atoms with Crippen molar-refractivity contribution in [2.75, 3.05) is 19.0 Å². The van der Waals surface area contributed by atoms with Crippen molar-refractivity contribution in [1.29, 1.82) is 0 Å². The van der Waals surface area contributed by atoms with Crippen LogP contribution in [0.3, 0.4) is 0 Å². The largest absolute Gasteiger partial charge is 0.493 e. The van der Waals surface area contributed by atoms with E-state index in [-0.39, 0.29) is 11.8 Å². The molecule has 0 radical (unpaired) electrons. The van der Waals surface area contributed by atoms with Gasteiger partial charge in [-0.05, 0) is 43.0 Å². The Morgan fingerprint density at radius 2 is 1.97 bits per heavy atom. The van der Waals surface area contributed by atoms with E-state index >= 15 is 0 Å². The number of methoxy groups -OCH3 is 1. The zero-order valence-corrected chi connectivity index (χ0v) is 20.6. The molecule has 1 N–H and O–H groups in total. The van der Waals surface area contributed by atoms with Crippen LogP contribution >= 0.6 is 11.6 Å². The summed E-state index contributed by atoms with van der Waals surface area (Å²) in [6, 6.07) is 8.80. The molecule has 0 aliphatic carbocycles. The SMILES string of the molecule is COc1cc(C(=O)Nc2c(C)cccc2-c2nc(C(C)C)no2)cc(Cl)c1OCCC(C)C. The normalized spacial score (nSPS) is 11.2. The second kappa shape index (κ2) is 10.7. The fourth-order valence-electron chi connectivity index (χ4n) is 3.16. The number of ether oxygens (including phenoxy) is 2. The Bertz CT molecular complexity index is 1120. The van der Waals surface area contributed by atoms with Crippen LogP contribution in [0.15, 0.2) is 34.9 Å². The first-order valence-corrected chi connectivity index (χ1v) is 11.3. The van der Waals surface area contributed by atoms with Crippen LogP contribution in [0.4, 0.5) is 5.69 Å². The maximum absolute atomic E-state index is 13.2. The Kier molecular flexibility index (Phi) is 7.97. The second-order valence-electron chi connectivity index (χ2n) is 8.58. The number of nitrogens with zero attached hydrogens (tertiary/aromatic N) is 2. The van der Waals surface area contributed by atoms with Crippen molar-refractivity contribution < 1.29 is 18.8 Å². The minimum Gasteiger partial charge on any atom is -0.493 e. The molecule has 1 aromatic heterocycles. The van der Waals surface area contributed by atoms with Gasteiger partial charge in [-0.25, -0.2) is 0 Å². The molecule has 0 spiro atoms. The molecule has 176 valence electrons. The predicted molar refractivity (Wildman–Crippen MR) is 129 cm³/mol.